The minimum absolute atomic E-state index is 0.135. The number of hydrogen-bond donors (Lipinski definition) is 1. The van der Waals surface area contributed by atoms with E-state index in [-0.39, 0.29) is 5.91 Å². The van der Waals surface area contributed by atoms with Crippen LogP contribution < -0.4 is 5.73 Å². The molecule has 20 heavy (non-hydrogen) atoms. The second kappa shape index (κ2) is 7.13. The Bertz CT molecular complexity index is 464. The average molecular weight is 272 g/mol. The van der Waals surface area contributed by atoms with E-state index < -0.39 is 0 Å². The maximum atomic E-state index is 12.4. The minimum atomic E-state index is 0.135. The fourth-order valence-electron chi connectivity index (χ4n) is 2.76. The van der Waals surface area contributed by atoms with Gasteiger partial charge in [0, 0.05) is 24.4 Å². The molecule has 0 aliphatic carbocycles. The van der Waals surface area contributed by atoms with Crippen LogP contribution in [0.4, 0.5) is 5.69 Å². The summed E-state index contributed by atoms with van der Waals surface area (Å²) in [4.78, 5) is 14.4. The van der Waals surface area contributed by atoms with Crippen molar-refractivity contribution in [2.75, 3.05) is 12.3 Å². The monoisotopic (exact) mass is 272 g/mol. The summed E-state index contributed by atoms with van der Waals surface area (Å²) in [5, 5.41) is 0. The quantitative estimate of drug-likeness (QED) is 0.676. The second-order valence-corrected chi connectivity index (χ2v) is 5.44. The predicted octanol–water partition coefficient (Wildman–Crippen LogP) is 3.46. The minimum Gasteiger partial charge on any atom is -0.399 e. The number of benzene rings is 1. The van der Waals surface area contributed by atoms with Crippen LogP contribution in [0, 0.1) is 0 Å². The summed E-state index contributed by atoms with van der Waals surface area (Å²) in [7, 11) is 0. The number of nitrogen functional groups attached to an aromatic ring is 1. The molecule has 0 saturated carbocycles. The molecule has 0 radical (unpaired) electrons. The summed E-state index contributed by atoms with van der Waals surface area (Å²) in [6, 6.07) is 7.97. The van der Waals surface area contributed by atoms with Crippen molar-refractivity contribution >= 4 is 17.7 Å². The van der Waals surface area contributed by atoms with Crippen LogP contribution in [0.5, 0.6) is 0 Å². The SMILES string of the molecule is CCC1CCCCCN1C(=O)/C=C/c1ccc(N)cc1. The van der Waals surface area contributed by atoms with Crippen molar-refractivity contribution < 1.29 is 4.79 Å². The van der Waals surface area contributed by atoms with Crippen LogP contribution in [-0.2, 0) is 4.79 Å². The van der Waals surface area contributed by atoms with Gasteiger partial charge in [0.05, 0.1) is 0 Å². The number of likely N-dealkylation sites (tertiary alicyclic amines) is 1. The zero-order chi connectivity index (χ0) is 14.4. The summed E-state index contributed by atoms with van der Waals surface area (Å²) in [6.07, 6.45) is 9.35. The van der Waals surface area contributed by atoms with Crippen LogP contribution in [0.3, 0.4) is 0 Å². The Kier molecular flexibility index (Phi) is 5.22. The molecule has 1 aliphatic heterocycles. The highest BCUT2D eigenvalue weighted by molar-refractivity contribution is 5.92. The van der Waals surface area contributed by atoms with Crippen molar-refractivity contribution in [3.05, 3.63) is 35.9 Å². The highest BCUT2D eigenvalue weighted by atomic mass is 16.2. The molecule has 3 nitrogen and oxygen atoms in total. The van der Waals surface area contributed by atoms with Gasteiger partial charge in [-0.05, 0) is 43.0 Å². The lowest BCUT2D eigenvalue weighted by Crippen LogP contribution is -2.38. The molecule has 1 atom stereocenters. The number of hydrogen-bond acceptors (Lipinski definition) is 2. The van der Waals surface area contributed by atoms with E-state index in [9.17, 15) is 4.79 Å². The largest absolute Gasteiger partial charge is 0.399 e. The molecule has 1 aromatic rings. The number of anilines is 1. The number of amides is 1. The fourth-order valence-corrected chi connectivity index (χ4v) is 2.76. The van der Waals surface area contributed by atoms with Gasteiger partial charge in [-0.15, -0.1) is 0 Å². The molecule has 1 aromatic carbocycles. The lowest BCUT2D eigenvalue weighted by molar-refractivity contribution is -0.128. The topological polar surface area (TPSA) is 46.3 Å². The Hall–Kier alpha value is -1.77. The van der Waals surface area contributed by atoms with Crippen molar-refractivity contribution in [1.82, 2.24) is 4.90 Å². The Morgan fingerprint density at radius 3 is 2.75 bits per heavy atom. The van der Waals surface area contributed by atoms with E-state index in [1.54, 1.807) is 6.08 Å². The third-order valence-electron chi connectivity index (χ3n) is 3.99. The lowest BCUT2D eigenvalue weighted by Gasteiger charge is -2.28. The van der Waals surface area contributed by atoms with Gasteiger partial charge in [0.15, 0.2) is 0 Å². The Labute approximate surface area is 121 Å². The predicted molar refractivity (Wildman–Crippen MR) is 84.1 cm³/mol. The molecule has 2 rings (SSSR count). The number of carbonyl (C=O) groups is 1. The van der Waals surface area contributed by atoms with Gasteiger partial charge in [0.2, 0.25) is 5.91 Å². The van der Waals surface area contributed by atoms with Gasteiger partial charge in [-0.2, -0.15) is 0 Å². The number of rotatable bonds is 3. The van der Waals surface area contributed by atoms with E-state index in [4.69, 9.17) is 5.73 Å². The van der Waals surface area contributed by atoms with E-state index in [1.807, 2.05) is 35.2 Å². The Morgan fingerprint density at radius 1 is 1.30 bits per heavy atom. The summed E-state index contributed by atoms with van der Waals surface area (Å²) < 4.78 is 0. The van der Waals surface area contributed by atoms with Gasteiger partial charge in [0.25, 0.3) is 0 Å². The van der Waals surface area contributed by atoms with Crippen molar-refractivity contribution in [2.24, 2.45) is 0 Å². The summed E-state index contributed by atoms with van der Waals surface area (Å²) in [5.41, 5.74) is 7.41. The molecule has 1 unspecified atom stereocenters. The van der Waals surface area contributed by atoms with Crippen LogP contribution in [0.25, 0.3) is 6.08 Å². The molecular weight excluding hydrogens is 248 g/mol. The first-order chi connectivity index (χ1) is 9.70. The Morgan fingerprint density at radius 2 is 2.05 bits per heavy atom. The molecule has 0 spiro atoms. The summed E-state index contributed by atoms with van der Waals surface area (Å²) in [6.45, 7) is 3.06. The van der Waals surface area contributed by atoms with E-state index >= 15 is 0 Å². The van der Waals surface area contributed by atoms with Gasteiger partial charge < -0.3 is 10.6 Å². The maximum Gasteiger partial charge on any atom is 0.246 e. The molecular formula is C17H24N2O. The number of carbonyl (C=O) groups excluding carboxylic acids is 1. The van der Waals surface area contributed by atoms with E-state index in [0.717, 1.165) is 37.1 Å². The van der Waals surface area contributed by atoms with E-state index in [2.05, 4.69) is 6.92 Å². The molecule has 0 aromatic heterocycles. The van der Waals surface area contributed by atoms with Crippen LogP contribution in [0.15, 0.2) is 30.3 Å². The third-order valence-corrected chi connectivity index (χ3v) is 3.99. The van der Waals surface area contributed by atoms with Gasteiger partial charge in [-0.25, -0.2) is 0 Å². The van der Waals surface area contributed by atoms with Crippen molar-refractivity contribution in [2.45, 2.75) is 45.1 Å². The lowest BCUT2D eigenvalue weighted by atomic mass is 10.1. The standard InChI is InChI=1S/C17H24N2O/c1-2-16-6-4-3-5-13-19(16)17(20)12-9-14-7-10-15(18)11-8-14/h7-12,16H,2-6,13,18H2,1H3/b12-9+. The van der Waals surface area contributed by atoms with Crippen LogP contribution >= 0.6 is 0 Å². The van der Waals surface area contributed by atoms with Gasteiger partial charge in [-0.3, -0.25) is 4.79 Å². The highest BCUT2D eigenvalue weighted by Crippen LogP contribution is 2.19. The molecule has 1 aliphatic rings. The van der Waals surface area contributed by atoms with E-state index in [1.165, 1.54) is 12.8 Å². The van der Waals surface area contributed by atoms with Crippen molar-refractivity contribution in [3.8, 4) is 0 Å². The number of nitrogens with two attached hydrogens (primary N) is 1. The smallest absolute Gasteiger partial charge is 0.246 e. The van der Waals surface area contributed by atoms with Crippen LogP contribution in [0.1, 0.15) is 44.6 Å². The first-order valence-corrected chi connectivity index (χ1v) is 7.55. The first-order valence-electron chi connectivity index (χ1n) is 7.55. The molecule has 1 saturated heterocycles. The number of nitrogens with zero attached hydrogens (tertiary/aromatic N) is 1. The zero-order valence-corrected chi connectivity index (χ0v) is 12.2. The second-order valence-electron chi connectivity index (χ2n) is 5.44. The molecule has 1 fully saturated rings. The molecule has 0 bridgehead atoms. The fraction of sp³-hybridized carbons (Fsp3) is 0.471. The van der Waals surface area contributed by atoms with E-state index in [0.29, 0.717) is 6.04 Å². The van der Waals surface area contributed by atoms with Crippen LogP contribution in [0.2, 0.25) is 0 Å². The van der Waals surface area contributed by atoms with Crippen LogP contribution in [-0.4, -0.2) is 23.4 Å². The summed E-state index contributed by atoms with van der Waals surface area (Å²) in [5.74, 6) is 0.135. The van der Waals surface area contributed by atoms with Crippen molar-refractivity contribution in [3.63, 3.8) is 0 Å². The molecule has 2 N–H and O–H groups in total. The highest BCUT2D eigenvalue weighted by Gasteiger charge is 2.22. The Balaban J connectivity index is 2.03. The molecule has 1 amide bonds. The summed E-state index contributed by atoms with van der Waals surface area (Å²) >= 11 is 0. The molecule has 1 heterocycles. The normalized spacial score (nSPS) is 20.1. The molecule has 3 heteroatoms. The average Bonchev–Trinajstić information content (AvgIpc) is 2.71. The molecule has 108 valence electrons. The van der Waals surface area contributed by atoms with Gasteiger partial charge >= 0.3 is 0 Å². The zero-order valence-electron chi connectivity index (χ0n) is 12.2. The third kappa shape index (κ3) is 3.86. The van der Waals surface area contributed by atoms with Gasteiger partial charge in [0.1, 0.15) is 0 Å². The van der Waals surface area contributed by atoms with Gasteiger partial charge in [-0.1, -0.05) is 31.9 Å². The first kappa shape index (κ1) is 14.6. The van der Waals surface area contributed by atoms with Crippen molar-refractivity contribution in [1.29, 1.82) is 0 Å². The maximum absolute atomic E-state index is 12.4.